The van der Waals surface area contributed by atoms with E-state index in [0.29, 0.717) is 56.5 Å². The van der Waals surface area contributed by atoms with Crippen molar-refractivity contribution >= 4 is 23.3 Å². The van der Waals surface area contributed by atoms with Gasteiger partial charge in [-0.1, -0.05) is 48.5 Å². The summed E-state index contributed by atoms with van der Waals surface area (Å²) in [6.07, 6.45) is 1.23. The van der Waals surface area contributed by atoms with Gasteiger partial charge in [0.25, 0.3) is 0 Å². The number of amides is 1. The summed E-state index contributed by atoms with van der Waals surface area (Å²) in [5.41, 5.74) is 10.4. The minimum Gasteiger partial charge on any atom is -0.507 e. The molecule has 3 aromatic carbocycles. The fourth-order valence-electron chi connectivity index (χ4n) is 6.62. The van der Waals surface area contributed by atoms with Crippen LogP contribution in [0.15, 0.2) is 84.9 Å². The van der Waals surface area contributed by atoms with Gasteiger partial charge >= 0.3 is 6.09 Å². The first-order chi connectivity index (χ1) is 22.5. The molecule has 2 atom stereocenters. The minimum absolute atomic E-state index is 0.0218. The van der Waals surface area contributed by atoms with Gasteiger partial charge in [-0.25, -0.2) is 4.79 Å². The molecule has 4 aromatic rings. The first kappa shape index (κ1) is 29.7. The number of phenols is 1. The molecule has 3 aliphatic rings. The number of para-hydroxylation sites is 1. The number of benzene rings is 3. The van der Waals surface area contributed by atoms with Crippen LogP contribution < -0.4 is 20.3 Å². The molecule has 11 heteroatoms. The fraction of sp³-hybridized carbons (Fsp3) is 0.343. The highest BCUT2D eigenvalue weighted by atomic mass is 16.6. The largest absolute Gasteiger partial charge is 0.507 e. The van der Waals surface area contributed by atoms with Gasteiger partial charge in [0.05, 0.1) is 36.7 Å². The van der Waals surface area contributed by atoms with E-state index in [1.54, 1.807) is 17.0 Å². The number of morpholine rings is 1. The summed E-state index contributed by atoms with van der Waals surface area (Å²) in [5, 5.41) is 18.9. The van der Waals surface area contributed by atoms with Crippen molar-refractivity contribution in [2.45, 2.75) is 37.6 Å². The van der Waals surface area contributed by atoms with Gasteiger partial charge in [-0.2, -0.15) is 0 Å². The number of aromatic nitrogens is 2. The summed E-state index contributed by atoms with van der Waals surface area (Å²) in [6, 6.07) is 27.2. The molecule has 3 aliphatic heterocycles. The molecule has 0 radical (unpaired) electrons. The lowest BCUT2D eigenvalue weighted by Crippen LogP contribution is -2.65. The number of phenolic OH excluding ortho intramolecular Hbond substituents is 1. The number of ether oxygens (including phenoxy) is 3. The molecular weight excluding hydrogens is 584 g/mol. The molecule has 4 heterocycles. The van der Waals surface area contributed by atoms with Gasteiger partial charge in [-0.05, 0) is 35.9 Å². The van der Waals surface area contributed by atoms with Crippen molar-refractivity contribution in [3.05, 3.63) is 90.5 Å². The van der Waals surface area contributed by atoms with Crippen LogP contribution >= 0.6 is 0 Å². The predicted octanol–water partition coefficient (Wildman–Crippen LogP) is 4.71. The first-order valence-corrected chi connectivity index (χ1v) is 15.8. The maximum absolute atomic E-state index is 12.6. The summed E-state index contributed by atoms with van der Waals surface area (Å²) >= 11 is 0. The molecule has 3 fully saturated rings. The van der Waals surface area contributed by atoms with Crippen LogP contribution in [0, 0.1) is 0 Å². The van der Waals surface area contributed by atoms with E-state index in [2.05, 4.69) is 32.1 Å². The van der Waals surface area contributed by atoms with Gasteiger partial charge in [0.2, 0.25) is 0 Å². The van der Waals surface area contributed by atoms with E-state index < -0.39 is 0 Å². The molecule has 11 nitrogen and oxygen atoms in total. The van der Waals surface area contributed by atoms with Crippen molar-refractivity contribution in [1.82, 2.24) is 15.1 Å². The smallest absolute Gasteiger partial charge is 0.410 e. The van der Waals surface area contributed by atoms with Crippen LogP contribution in [-0.4, -0.2) is 83.9 Å². The monoisotopic (exact) mass is 622 g/mol. The Morgan fingerprint density at radius 1 is 0.913 bits per heavy atom. The van der Waals surface area contributed by atoms with Gasteiger partial charge in [0.1, 0.15) is 24.2 Å². The molecular formula is C35H38N6O5. The highest BCUT2D eigenvalue weighted by Crippen LogP contribution is 2.36. The third kappa shape index (κ3) is 6.36. The summed E-state index contributed by atoms with van der Waals surface area (Å²) in [5.74, 6) is 1.33. The molecule has 2 bridgehead atoms. The maximum Gasteiger partial charge on any atom is 0.410 e. The van der Waals surface area contributed by atoms with E-state index in [9.17, 15) is 9.90 Å². The Bertz CT molecular complexity index is 1650. The molecule has 3 N–H and O–H groups in total. The summed E-state index contributed by atoms with van der Waals surface area (Å²) < 4.78 is 18.0. The lowest BCUT2D eigenvalue weighted by Gasteiger charge is -2.51. The number of nitrogens with zero attached hydrogens (tertiary/aromatic N) is 5. The van der Waals surface area contributed by atoms with Crippen molar-refractivity contribution in [2.24, 2.45) is 0 Å². The Morgan fingerprint density at radius 2 is 1.65 bits per heavy atom. The van der Waals surface area contributed by atoms with E-state index in [1.165, 1.54) is 0 Å². The number of carbonyl (C=O) groups excluding carboxylic acids is 1. The number of aromatic hydroxyl groups is 1. The molecule has 1 aromatic heterocycles. The van der Waals surface area contributed by atoms with Gasteiger partial charge in [0, 0.05) is 56.3 Å². The molecule has 3 saturated heterocycles. The Kier molecular flexibility index (Phi) is 8.47. The Hall–Kier alpha value is -5.03. The quantitative estimate of drug-likeness (QED) is 0.299. The van der Waals surface area contributed by atoms with E-state index >= 15 is 0 Å². The van der Waals surface area contributed by atoms with Crippen molar-refractivity contribution in [2.75, 3.05) is 54.9 Å². The third-order valence-electron chi connectivity index (χ3n) is 8.92. The zero-order chi connectivity index (χ0) is 31.5. The zero-order valence-corrected chi connectivity index (χ0v) is 25.6. The van der Waals surface area contributed by atoms with Gasteiger partial charge in [-0.15, -0.1) is 10.2 Å². The number of piperazine rings is 1. The second-order valence-electron chi connectivity index (χ2n) is 12.0. The summed E-state index contributed by atoms with van der Waals surface area (Å²) in [4.78, 5) is 19.0. The van der Waals surface area contributed by atoms with E-state index in [0.717, 1.165) is 35.5 Å². The Morgan fingerprint density at radius 3 is 2.41 bits per heavy atom. The normalized spacial score (nSPS) is 20.0. The Balaban J connectivity index is 0.986. The van der Waals surface area contributed by atoms with Crippen LogP contribution in [0.2, 0.25) is 0 Å². The molecule has 1 amide bonds. The van der Waals surface area contributed by atoms with Crippen molar-refractivity contribution in [3.63, 3.8) is 0 Å². The van der Waals surface area contributed by atoms with Crippen LogP contribution in [-0.2, 0) is 16.1 Å². The number of likely N-dealkylation sites (tertiary alicyclic amines) is 1. The summed E-state index contributed by atoms with van der Waals surface area (Å²) in [7, 11) is 0. The number of nitrogen functional groups attached to an aromatic ring is 1. The van der Waals surface area contributed by atoms with Crippen LogP contribution in [0.5, 0.6) is 11.5 Å². The number of carbonyl (C=O) groups is 1. The van der Waals surface area contributed by atoms with Gasteiger partial charge < -0.3 is 39.8 Å². The van der Waals surface area contributed by atoms with E-state index in [4.69, 9.17) is 19.9 Å². The van der Waals surface area contributed by atoms with Crippen molar-refractivity contribution in [3.8, 4) is 22.8 Å². The fourth-order valence-corrected chi connectivity index (χ4v) is 6.62. The number of fused-ring (bicyclic) bond motifs is 2. The minimum atomic E-state index is -0.282. The lowest BCUT2D eigenvalue weighted by atomic mass is 10.0. The molecule has 0 aliphatic carbocycles. The maximum atomic E-state index is 12.6. The highest BCUT2D eigenvalue weighted by molar-refractivity contribution is 5.74. The van der Waals surface area contributed by atoms with Crippen molar-refractivity contribution < 1.29 is 24.1 Å². The van der Waals surface area contributed by atoms with Gasteiger partial charge in [0.15, 0.2) is 5.82 Å². The standard InChI is InChI=1S/C35H38N6O5/c36-34-32(18-31(37-38-34)30-11-4-5-12-33(30)42)40-19-26-22-44-23-27(20-40)41(26)25-9-6-10-29(17-25)46-28-13-15-39(16-14-28)35(43)45-21-24-7-2-1-3-8-24/h1-12,17-18,26-28,42H,13-16,19-23H2,(H2,36,38)/t26-,27+. The average molecular weight is 623 g/mol. The molecule has 0 saturated carbocycles. The second-order valence-corrected chi connectivity index (χ2v) is 12.0. The van der Waals surface area contributed by atoms with Crippen molar-refractivity contribution in [1.29, 1.82) is 0 Å². The highest BCUT2D eigenvalue weighted by Gasteiger charge is 2.39. The third-order valence-corrected chi connectivity index (χ3v) is 8.92. The number of piperidine rings is 1. The molecule has 0 spiro atoms. The van der Waals surface area contributed by atoms with Crippen LogP contribution in [0.4, 0.5) is 22.0 Å². The number of rotatable bonds is 7. The van der Waals surface area contributed by atoms with Crippen LogP contribution in [0.25, 0.3) is 11.3 Å². The van der Waals surface area contributed by atoms with E-state index in [-0.39, 0.29) is 36.6 Å². The Labute approximate surface area is 268 Å². The zero-order valence-electron chi connectivity index (χ0n) is 25.6. The molecule has 7 rings (SSSR count). The van der Waals surface area contributed by atoms with E-state index in [1.807, 2.05) is 60.7 Å². The second kappa shape index (κ2) is 13.1. The number of nitrogens with two attached hydrogens (primary N) is 1. The first-order valence-electron chi connectivity index (χ1n) is 15.8. The predicted molar refractivity (Wildman–Crippen MR) is 175 cm³/mol. The number of hydrogen-bond acceptors (Lipinski definition) is 10. The SMILES string of the molecule is Nc1nnc(-c2ccccc2O)cc1N1C[C@H]2COC[C@@H](C1)N2c1cccc(OC2CCN(C(=O)OCc3ccccc3)CC2)c1. The average Bonchev–Trinajstić information content (AvgIpc) is 3.08. The topological polar surface area (TPSA) is 127 Å². The number of hydrogen-bond donors (Lipinski definition) is 2. The molecule has 46 heavy (non-hydrogen) atoms. The summed E-state index contributed by atoms with van der Waals surface area (Å²) in [6.45, 7) is 4.02. The lowest BCUT2D eigenvalue weighted by molar-refractivity contribution is 0.0585. The van der Waals surface area contributed by atoms with Crippen LogP contribution in [0.1, 0.15) is 18.4 Å². The van der Waals surface area contributed by atoms with Crippen LogP contribution in [0.3, 0.4) is 0 Å². The molecule has 0 unspecified atom stereocenters. The van der Waals surface area contributed by atoms with Gasteiger partial charge in [-0.3, -0.25) is 0 Å². The molecule has 238 valence electrons. The number of anilines is 3.